The molecule has 3 N–H and O–H groups in total. The molecule has 0 saturated carbocycles. The van der Waals surface area contributed by atoms with E-state index >= 15 is 0 Å². The van der Waals surface area contributed by atoms with E-state index in [2.05, 4.69) is 15.7 Å². The van der Waals surface area contributed by atoms with Crippen molar-refractivity contribution in [2.75, 3.05) is 5.32 Å². The largest absolute Gasteiger partial charge is 0.480 e. The molecule has 0 saturated heterocycles. The van der Waals surface area contributed by atoms with E-state index in [0.717, 1.165) is 0 Å². The Morgan fingerprint density at radius 2 is 2.17 bits per heavy atom. The van der Waals surface area contributed by atoms with Crippen molar-refractivity contribution < 1.29 is 14.7 Å². The average Bonchev–Trinajstić information content (AvgIpc) is 2.62. The van der Waals surface area contributed by atoms with E-state index in [0.29, 0.717) is 12.1 Å². The number of hydrogen-bond donors (Lipinski definition) is 3. The van der Waals surface area contributed by atoms with Gasteiger partial charge in [0.25, 0.3) is 0 Å². The molecule has 1 atom stereocenters. The molecule has 0 spiro atoms. The summed E-state index contributed by atoms with van der Waals surface area (Å²) in [5.41, 5.74) is 0.517. The van der Waals surface area contributed by atoms with Crippen LogP contribution in [0.15, 0.2) is 12.4 Å². The number of aliphatic carboxylic acids is 1. The smallest absolute Gasteiger partial charge is 0.326 e. The normalized spacial score (nSPS) is 12.2. The van der Waals surface area contributed by atoms with Gasteiger partial charge in [0, 0.05) is 13.2 Å². The van der Waals surface area contributed by atoms with Crippen LogP contribution in [0.1, 0.15) is 20.3 Å². The zero-order chi connectivity index (χ0) is 13.7. The maximum absolute atomic E-state index is 11.6. The Morgan fingerprint density at radius 3 is 2.61 bits per heavy atom. The van der Waals surface area contributed by atoms with Crippen LogP contribution in [0.5, 0.6) is 0 Å². The Morgan fingerprint density at radius 1 is 1.50 bits per heavy atom. The maximum atomic E-state index is 11.6. The van der Waals surface area contributed by atoms with E-state index in [4.69, 9.17) is 5.11 Å². The van der Waals surface area contributed by atoms with E-state index in [1.54, 1.807) is 17.9 Å². The molecule has 1 rings (SSSR count). The molecule has 0 bridgehead atoms. The summed E-state index contributed by atoms with van der Waals surface area (Å²) in [7, 11) is 1.72. The lowest BCUT2D eigenvalue weighted by molar-refractivity contribution is -0.139. The number of nitrogens with one attached hydrogen (secondary N) is 2. The third-order valence-electron chi connectivity index (χ3n) is 2.27. The van der Waals surface area contributed by atoms with Crippen LogP contribution in [0.25, 0.3) is 0 Å². The zero-order valence-corrected chi connectivity index (χ0v) is 10.7. The lowest BCUT2D eigenvalue weighted by Crippen LogP contribution is -2.43. The number of anilines is 1. The van der Waals surface area contributed by atoms with Gasteiger partial charge >= 0.3 is 12.0 Å². The topological polar surface area (TPSA) is 96.3 Å². The van der Waals surface area contributed by atoms with Crippen molar-refractivity contribution in [3.63, 3.8) is 0 Å². The number of aromatic nitrogens is 2. The van der Waals surface area contributed by atoms with Crippen molar-refractivity contribution in [3.05, 3.63) is 12.4 Å². The molecular formula is C11H18N4O3. The first-order valence-electron chi connectivity index (χ1n) is 5.67. The second kappa shape index (κ2) is 6.04. The predicted octanol–water partition coefficient (Wildman–Crippen LogP) is 1.04. The number of rotatable bonds is 5. The highest BCUT2D eigenvalue weighted by Gasteiger charge is 2.21. The van der Waals surface area contributed by atoms with Crippen LogP contribution in [0.4, 0.5) is 10.5 Å². The van der Waals surface area contributed by atoms with Gasteiger partial charge in [0.15, 0.2) is 0 Å². The molecule has 0 aliphatic carbocycles. The number of nitrogens with zero attached hydrogens (tertiary/aromatic N) is 2. The number of carboxylic acids is 1. The Labute approximate surface area is 105 Å². The van der Waals surface area contributed by atoms with Gasteiger partial charge < -0.3 is 15.7 Å². The highest BCUT2D eigenvalue weighted by atomic mass is 16.4. The van der Waals surface area contributed by atoms with Gasteiger partial charge in [-0.15, -0.1) is 0 Å². The minimum absolute atomic E-state index is 0.185. The van der Waals surface area contributed by atoms with Crippen LogP contribution >= 0.6 is 0 Å². The number of carbonyl (C=O) groups excluding carboxylic acids is 1. The molecule has 0 aliphatic rings. The van der Waals surface area contributed by atoms with Gasteiger partial charge in [-0.1, -0.05) is 13.8 Å². The molecule has 0 radical (unpaired) electrons. The fraction of sp³-hybridized carbons (Fsp3) is 0.545. The standard InChI is InChI=1S/C11H18N4O3/c1-7(2)4-9(10(16)17)14-11(18)13-8-5-12-15(3)6-8/h5-7,9H,4H2,1-3H3,(H,16,17)(H2,13,14,18)/t9-/m1/s1. The number of amides is 2. The lowest BCUT2D eigenvalue weighted by Gasteiger charge is -2.16. The summed E-state index contributed by atoms with van der Waals surface area (Å²) in [5, 5.41) is 17.8. The maximum Gasteiger partial charge on any atom is 0.326 e. The molecule has 0 aliphatic heterocycles. The zero-order valence-electron chi connectivity index (χ0n) is 10.7. The Hall–Kier alpha value is -2.05. The van der Waals surface area contributed by atoms with Crippen molar-refractivity contribution in [3.8, 4) is 0 Å². The van der Waals surface area contributed by atoms with Crippen LogP contribution in [0.2, 0.25) is 0 Å². The third kappa shape index (κ3) is 4.44. The van der Waals surface area contributed by atoms with Crippen molar-refractivity contribution in [2.45, 2.75) is 26.3 Å². The molecule has 2 amide bonds. The summed E-state index contributed by atoms with van der Waals surface area (Å²) < 4.78 is 1.54. The molecule has 1 heterocycles. The third-order valence-corrected chi connectivity index (χ3v) is 2.27. The molecule has 1 aromatic heterocycles. The van der Waals surface area contributed by atoms with Crippen molar-refractivity contribution in [1.29, 1.82) is 0 Å². The molecule has 7 heteroatoms. The molecule has 7 nitrogen and oxygen atoms in total. The minimum atomic E-state index is -1.04. The summed E-state index contributed by atoms with van der Waals surface area (Å²) >= 11 is 0. The van der Waals surface area contributed by atoms with Gasteiger partial charge in [-0.25, -0.2) is 9.59 Å². The summed E-state index contributed by atoms with van der Waals surface area (Å²) in [4.78, 5) is 22.6. The van der Waals surface area contributed by atoms with Crippen molar-refractivity contribution in [1.82, 2.24) is 15.1 Å². The quantitative estimate of drug-likeness (QED) is 0.731. The van der Waals surface area contributed by atoms with Gasteiger partial charge in [0.2, 0.25) is 0 Å². The monoisotopic (exact) mass is 254 g/mol. The molecule has 0 aromatic carbocycles. The second-order valence-corrected chi connectivity index (χ2v) is 4.52. The highest BCUT2D eigenvalue weighted by Crippen LogP contribution is 2.06. The van der Waals surface area contributed by atoms with E-state index in [1.807, 2.05) is 13.8 Å². The molecule has 1 aromatic rings. The number of hydrogen-bond acceptors (Lipinski definition) is 3. The van der Waals surface area contributed by atoms with Gasteiger partial charge in [0.1, 0.15) is 6.04 Å². The Bertz CT molecular complexity index is 428. The van der Waals surface area contributed by atoms with Crippen LogP contribution in [0.3, 0.4) is 0 Å². The van der Waals surface area contributed by atoms with Gasteiger partial charge in [-0.05, 0) is 12.3 Å². The fourth-order valence-corrected chi connectivity index (χ4v) is 1.50. The first kappa shape index (κ1) is 14.0. The first-order chi connectivity index (χ1) is 8.38. The Balaban J connectivity index is 2.53. The molecule has 0 unspecified atom stereocenters. The minimum Gasteiger partial charge on any atom is -0.480 e. The Kier molecular flexibility index (Phi) is 4.70. The van der Waals surface area contributed by atoms with E-state index in [9.17, 15) is 9.59 Å². The van der Waals surface area contributed by atoms with Gasteiger partial charge in [-0.2, -0.15) is 5.10 Å². The van der Waals surface area contributed by atoms with Crippen LogP contribution in [-0.2, 0) is 11.8 Å². The SMILES string of the molecule is CC(C)C[C@@H](NC(=O)Nc1cnn(C)c1)C(=O)O. The summed E-state index contributed by atoms with van der Waals surface area (Å²) in [6, 6.07) is -1.43. The summed E-state index contributed by atoms with van der Waals surface area (Å²) in [5.74, 6) is -0.852. The molecular weight excluding hydrogens is 236 g/mol. The van der Waals surface area contributed by atoms with Gasteiger partial charge in [-0.3, -0.25) is 4.68 Å². The summed E-state index contributed by atoms with van der Waals surface area (Å²) in [6.45, 7) is 3.80. The van der Waals surface area contributed by atoms with Gasteiger partial charge in [0.05, 0.1) is 11.9 Å². The summed E-state index contributed by atoms with van der Waals surface area (Å²) in [6.07, 6.45) is 3.49. The number of urea groups is 1. The predicted molar refractivity (Wildman–Crippen MR) is 66.2 cm³/mol. The molecule has 18 heavy (non-hydrogen) atoms. The van der Waals surface area contributed by atoms with E-state index < -0.39 is 18.0 Å². The molecule has 100 valence electrons. The first-order valence-corrected chi connectivity index (χ1v) is 5.67. The lowest BCUT2D eigenvalue weighted by atomic mass is 10.0. The van der Waals surface area contributed by atoms with E-state index in [-0.39, 0.29) is 5.92 Å². The second-order valence-electron chi connectivity index (χ2n) is 4.52. The number of carboxylic acid groups (broad SMARTS) is 1. The number of aryl methyl sites for hydroxylation is 1. The highest BCUT2D eigenvalue weighted by molar-refractivity contribution is 5.91. The van der Waals surface area contributed by atoms with E-state index in [1.165, 1.54) is 6.20 Å². The van der Waals surface area contributed by atoms with Crippen LogP contribution in [0, 0.1) is 5.92 Å². The van der Waals surface area contributed by atoms with Crippen LogP contribution in [-0.4, -0.2) is 32.9 Å². The average molecular weight is 254 g/mol. The number of carbonyl (C=O) groups is 2. The van der Waals surface area contributed by atoms with Crippen molar-refractivity contribution >= 4 is 17.7 Å². The van der Waals surface area contributed by atoms with Crippen LogP contribution < -0.4 is 10.6 Å². The molecule has 0 fully saturated rings. The fourth-order valence-electron chi connectivity index (χ4n) is 1.50. The van der Waals surface area contributed by atoms with Crippen molar-refractivity contribution in [2.24, 2.45) is 13.0 Å².